The Morgan fingerprint density at radius 2 is 2.17 bits per heavy atom. The van der Waals surface area contributed by atoms with Gasteiger partial charge >= 0.3 is 5.97 Å². The second kappa shape index (κ2) is 7.50. The average molecular weight is 330 g/mol. The van der Waals surface area contributed by atoms with E-state index in [2.05, 4.69) is 15.1 Å². The summed E-state index contributed by atoms with van der Waals surface area (Å²) in [6.45, 7) is 3.56. The fraction of sp³-hybridized carbons (Fsp3) is 0.467. The van der Waals surface area contributed by atoms with Crippen molar-refractivity contribution in [1.29, 1.82) is 5.26 Å². The Balaban J connectivity index is 1.98. The Hall–Kier alpha value is -3.02. The molecule has 2 aromatic heterocycles. The van der Waals surface area contributed by atoms with E-state index in [1.165, 1.54) is 11.2 Å². The molecule has 2 heterocycles. The lowest BCUT2D eigenvalue weighted by atomic mass is 10.1. The second-order valence-electron chi connectivity index (χ2n) is 5.29. The molecule has 0 N–H and O–H groups in total. The fourth-order valence-electron chi connectivity index (χ4n) is 2.20. The number of ether oxygens (including phenoxy) is 1. The number of hydrogen-bond acceptors (Lipinski definition) is 7. The molecule has 0 radical (unpaired) electrons. The number of aromatic nitrogens is 4. The number of nitriles is 1. The highest BCUT2D eigenvalue weighted by atomic mass is 16.5. The van der Waals surface area contributed by atoms with E-state index in [4.69, 9.17) is 10.00 Å². The first-order valence-electron chi connectivity index (χ1n) is 7.36. The zero-order valence-corrected chi connectivity index (χ0v) is 13.8. The van der Waals surface area contributed by atoms with Gasteiger partial charge in [-0.05, 0) is 13.8 Å². The predicted octanol–water partition coefficient (Wildman–Crippen LogP) is 0.199. The molecule has 9 nitrogen and oxygen atoms in total. The van der Waals surface area contributed by atoms with E-state index in [1.807, 2.05) is 13.0 Å². The number of aryl methyl sites for hydroxylation is 2. The van der Waals surface area contributed by atoms with E-state index >= 15 is 0 Å². The van der Waals surface area contributed by atoms with Crippen LogP contribution in [0.4, 0.5) is 0 Å². The van der Waals surface area contributed by atoms with Crippen molar-refractivity contribution in [2.24, 2.45) is 0 Å². The molecule has 2 rings (SSSR count). The van der Waals surface area contributed by atoms with E-state index in [0.29, 0.717) is 23.6 Å². The van der Waals surface area contributed by atoms with Crippen LogP contribution in [-0.2, 0) is 20.7 Å². The van der Waals surface area contributed by atoms with Crippen LogP contribution in [0.5, 0.6) is 0 Å². The number of carbonyl (C=O) groups is 2. The molecule has 0 aliphatic rings. The third kappa shape index (κ3) is 3.84. The quantitative estimate of drug-likeness (QED) is 0.695. The van der Waals surface area contributed by atoms with E-state index in [1.54, 1.807) is 18.5 Å². The SMILES string of the molecule is Cc1nc2ncnn2c(C)c1CC(=O)OCC(=O)N(C)CCC#N. The van der Waals surface area contributed by atoms with Gasteiger partial charge in [0.2, 0.25) is 0 Å². The van der Waals surface area contributed by atoms with Crippen LogP contribution in [0.1, 0.15) is 23.4 Å². The number of fused-ring (bicyclic) bond motifs is 1. The molecular formula is C15H18N6O3. The number of nitrogens with zero attached hydrogens (tertiary/aromatic N) is 6. The number of likely N-dealkylation sites (N-methyl/N-ethyl adjacent to an activating group) is 1. The molecule has 0 bridgehead atoms. The third-order valence-electron chi connectivity index (χ3n) is 3.65. The van der Waals surface area contributed by atoms with Crippen molar-refractivity contribution in [2.75, 3.05) is 20.2 Å². The van der Waals surface area contributed by atoms with Crippen molar-refractivity contribution >= 4 is 17.7 Å². The Bertz CT molecular complexity index is 807. The molecule has 0 fully saturated rings. The number of amides is 1. The first-order chi connectivity index (χ1) is 11.4. The van der Waals surface area contributed by atoms with Gasteiger partial charge in [-0.25, -0.2) is 9.50 Å². The van der Waals surface area contributed by atoms with Gasteiger partial charge in [0.1, 0.15) is 6.33 Å². The van der Waals surface area contributed by atoms with E-state index < -0.39 is 5.97 Å². The molecule has 0 aliphatic heterocycles. The molecule has 0 spiro atoms. The molecule has 0 unspecified atom stereocenters. The van der Waals surface area contributed by atoms with Gasteiger partial charge < -0.3 is 9.64 Å². The average Bonchev–Trinajstić information content (AvgIpc) is 3.02. The summed E-state index contributed by atoms with van der Waals surface area (Å²) in [5.74, 6) is -0.405. The lowest BCUT2D eigenvalue weighted by molar-refractivity contribution is -0.150. The summed E-state index contributed by atoms with van der Waals surface area (Å²) in [5, 5.41) is 12.6. The van der Waals surface area contributed by atoms with Crippen LogP contribution in [0.15, 0.2) is 6.33 Å². The second-order valence-corrected chi connectivity index (χ2v) is 5.29. The highest BCUT2D eigenvalue weighted by molar-refractivity contribution is 5.81. The van der Waals surface area contributed by atoms with Crippen molar-refractivity contribution in [3.8, 4) is 6.07 Å². The van der Waals surface area contributed by atoms with Crippen molar-refractivity contribution in [1.82, 2.24) is 24.5 Å². The summed E-state index contributed by atoms with van der Waals surface area (Å²) >= 11 is 0. The number of rotatable bonds is 6. The van der Waals surface area contributed by atoms with E-state index in [9.17, 15) is 9.59 Å². The van der Waals surface area contributed by atoms with Gasteiger partial charge in [0, 0.05) is 30.5 Å². The zero-order valence-electron chi connectivity index (χ0n) is 13.8. The van der Waals surface area contributed by atoms with Crippen LogP contribution >= 0.6 is 0 Å². The van der Waals surface area contributed by atoms with Crippen molar-refractivity contribution in [3.05, 3.63) is 23.3 Å². The largest absolute Gasteiger partial charge is 0.455 e. The van der Waals surface area contributed by atoms with Gasteiger partial charge in [-0.2, -0.15) is 15.3 Å². The maximum atomic E-state index is 12.0. The van der Waals surface area contributed by atoms with Crippen LogP contribution in [0.3, 0.4) is 0 Å². The minimum absolute atomic E-state index is 0.00431. The summed E-state index contributed by atoms with van der Waals surface area (Å²) in [6, 6.07) is 1.95. The lowest BCUT2D eigenvalue weighted by Crippen LogP contribution is -2.32. The van der Waals surface area contributed by atoms with Gasteiger partial charge in [-0.3, -0.25) is 9.59 Å². The van der Waals surface area contributed by atoms with Gasteiger partial charge in [-0.15, -0.1) is 0 Å². The standard InChI is InChI=1S/C15H18N6O3/c1-10-12(11(2)21-15(19-10)17-9-18-21)7-14(23)24-8-13(22)20(3)6-4-5-16/h9H,4,6-8H2,1-3H3. The predicted molar refractivity (Wildman–Crippen MR) is 82.8 cm³/mol. The highest BCUT2D eigenvalue weighted by Crippen LogP contribution is 2.14. The summed E-state index contributed by atoms with van der Waals surface area (Å²) in [4.78, 5) is 33.5. The zero-order chi connectivity index (χ0) is 17.7. The molecule has 126 valence electrons. The maximum Gasteiger partial charge on any atom is 0.310 e. The third-order valence-corrected chi connectivity index (χ3v) is 3.65. The molecule has 24 heavy (non-hydrogen) atoms. The van der Waals surface area contributed by atoms with Gasteiger partial charge in [0.25, 0.3) is 11.7 Å². The molecule has 9 heteroatoms. The van der Waals surface area contributed by atoms with E-state index in [-0.39, 0.29) is 25.4 Å². The van der Waals surface area contributed by atoms with Gasteiger partial charge in [-0.1, -0.05) is 0 Å². The first-order valence-corrected chi connectivity index (χ1v) is 7.36. The topological polar surface area (TPSA) is 113 Å². The normalized spacial score (nSPS) is 10.4. The van der Waals surface area contributed by atoms with Crippen LogP contribution in [0, 0.1) is 25.2 Å². The van der Waals surface area contributed by atoms with Crippen LogP contribution in [0.25, 0.3) is 5.78 Å². The van der Waals surface area contributed by atoms with Gasteiger partial charge in [0.05, 0.1) is 18.9 Å². The van der Waals surface area contributed by atoms with Crippen molar-refractivity contribution in [3.63, 3.8) is 0 Å². The van der Waals surface area contributed by atoms with Crippen LogP contribution in [0.2, 0.25) is 0 Å². The fourth-order valence-corrected chi connectivity index (χ4v) is 2.20. The summed E-state index contributed by atoms with van der Waals surface area (Å²) in [7, 11) is 1.56. The minimum Gasteiger partial charge on any atom is -0.455 e. The van der Waals surface area contributed by atoms with Crippen LogP contribution in [-0.4, -0.2) is 56.6 Å². The minimum atomic E-state index is -0.524. The number of esters is 1. The number of carbonyl (C=O) groups excluding carboxylic acids is 2. The molecule has 2 aromatic rings. The molecule has 0 saturated heterocycles. The highest BCUT2D eigenvalue weighted by Gasteiger charge is 2.17. The first kappa shape index (κ1) is 17.3. The smallest absolute Gasteiger partial charge is 0.310 e. The summed E-state index contributed by atoms with van der Waals surface area (Å²) in [5.41, 5.74) is 2.12. The Kier molecular flexibility index (Phi) is 5.42. The van der Waals surface area contributed by atoms with Gasteiger partial charge in [0.15, 0.2) is 6.61 Å². The molecular weight excluding hydrogens is 312 g/mol. The molecule has 0 saturated carbocycles. The molecule has 0 aromatic carbocycles. The lowest BCUT2D eigenvalue weighted by Gasteiger charge is -2.15. The Labute approximate surface area is 138 Å². The summed E-state index contributed by atoms with van der Waals surface area (Å²) in [6.07, 6.45) is 1.63. The van der Waals surface area contributed by atoms with Crippen molar-refractivity contribution < 1.29 is 14.3 Å². The Morgan fingerprint density at radius 3 is 2.88 bits per heavy atom. The van der Waals surface area contributed by atoms with Crippen molar-refractivity contribution in [2.45, 2.75) is 26.7 Å². The summed E-state index contributed by atoms with van der Waals surface area (Å²) < 4.78 is 6.58. The monoisotopic (exact) mass is 330 g/mol. The Morgan fingerprint density at radius 1 is 1.42 bits per heavy atom. The molecule has 0 aliphatic carbocycles. The number of hydrogen-bond donors (Lipinski definition) is 0. The molecule has 0 atom stereocenters. The van der Waals surface area contributed by atoms with Crippen LogP contribution < -0.4 is 0 Å². The molecule has 1 amide bonds. The maximum absolute atomic E-state index is 12.0. The van der Waals surface area contributed by atoms with E-state index in [0.717, 1.165) is 5.69 Å².